The van der Waals surface area contributed by atoms with Crippen LogP contribution in [0, 0.1) is 10.1 Å². The Kier molecular flexibility index (Phi) is 8.38. The number of piperidine rings is 1. The smallest absolute Gasteiger partial charge is 0.409 e. The van der Waals surface area contributed by atoms with Gasteiger partial charge in [-0.15, -0.1) is 0 Å². The first kappa shape index (κ1) is 22.1. The van der Waals surface area contributed by atoms with Crippen molar-refractivity contribution in [2.45, 2.75) is 38.6 Å². The number of nitrogens with zero attached hydrogens (tertiary/aromatic N) is 2. The molecule has 1 fully saturated rings. The van der Waals surface area contributed by atoms with Crippen molar-refractivity contribution in [2.24, 2.45) is 0 Å². The number of hydrogen-bond acceptors (Lipinski definition) is 6. The third kappa shape index (κ3) is 7.05. The number of likely N-dealkylation sites (tertiary alicyclic amines) is 1. The van der Waals surface area contributed by atoms with Crippen molar-refractivity contribution < 1.29 is 24.0 Å². The molecule has 0 radical (unpaired) electrons. The lowest BCUT2D eigenvalue weighted by atomic mass is 10.1. The molecule has 0 saturated carbocycles. The van der Waals surface area contributed by atoms with Crippen LogP contribution in [0.3, 0.4) is 0 Å². The number of carbonyl (C=O) groups is 3. The zero-order valence-corrected chi connectivity index (χ0v) is 16.4. The van der Waals surface area contributed by atoms with E-state index >= 15 is 0 Å². The molecule has 0 aromatic heterocycles. The molecular formula is C19H26N4O6. The van der Waals surface area contributed by atoms with Gasteiger partial charge in [0, 0.05) is 49.8 Å². The minimum atomic E-state index is -0.527. The normalized spacial score (nSPS) is 14.2. The van der Waals surface area contributed by atoms with Gasteiger partial charge in [-0.1, -0.05) is 0 Å². The molecule has 0 bridgehead atoms. The van der Waals surface area contributed by atoms with Gasteiger partial charge in [0.05, 0.1) is 11.5 Å². The molecule has 158 valence electrons. The molecule has 1 aromatic rings. The summed E-state index contributed by atoms with van der Waals surface area (Å²) in [4.78, 5) is 47.4. The number of rotatable bonds is 8. The summed E-state index contributed by atoms with van der Waals surface area (Å²) < 4.78 is 4.97. The van der Waals surface area contributed by atoms with Crippen molar-refractivity contribution in [2.75, 3.05) is 26.2 Å². The van der Waals surface area contributed by atoms with Crippen LogP contribution < -0.4 is 10.6 Å². The number of carbonyl (C=O) groups excluding carboxylic acids is 3. The van der Waals surface area contributed by atoms with Gasteiger partial charge in [0.25, 0.3) is 11.6 Å². The molecule has 1 aromatic carbocycles. The lowest BCUT2D eigenvalue weighted by Gasteiger charge is -2.31. The summed E-state index contributed by atoms with van der Waals surface area (Å²) >= 11 is 0. The van der Waals surface area contributed by atoms with Crippen LogP contribution in [0.4, 0.5) is 10.5 Å². The molecule has 0 spiro atoms. The Balaban J connectivity index is 1.62. The Morgan fingerprint density at radius 1 is 1.21 bits per heavy atom. The number of benzene rings is 1. The first-order chi connectivity index (χ1) is 13.9. The van der Waals surface area contributed by atoms with Gasteiger partial charge < -0.3 is 20.3 Å². The van der Waals surface area contributed by atoms with Gasteiger partial charge in [-0.3, -0.25) is 19.7 Å². The summed E-state index contributed by atoms with van der Waals surface area (Å²) in [7, 11) is 0. The van der Waals surface area contributed by atoms with E-state index in [9.17, 15) is 24.5 Å². The number of amides is 3. The summed E-state index contributed by atoms with van der Waals surface area (Å²) in [6.45, 7) is 3.53. The molecule has 0 aliphatic carbocycles. The summed E-state index contributed by atoms with van der Waals surface area (Å²) in [5.41, 5.74) is 0.250. The molecule has 1 saturated heterocycles. The standard InChI is InChI=1S/C19H26N4O6/c1-2-29-19(26)22-12-9-15(10-13-22)21-17(24)4-3-11-20-18(25)14-5-7-16(8-6-14)23(27)28/h5-8,15H,2-4,9-13H2,1H3,(H,20,25)(H,21,24). The average Bonchev–Trinajstić information content (AvgIpc) is 2.71. The molecule has 1 heterocycles. The predicted molar refractivity (Wildman–Crippen MR) is 104 cm³/mol. The largest absolute Gasteiger partial charge is 0.450 e. The maximum absolute atomic E-state index is 12.1. The SMILES string of the molecule is CCOC(=O)N1CCC(NC(=O)CCCNC(=O)c2ccc([N+](=O)[O-])cc2)CC1. The van der Waals surface area contributed by atoms with Crippen LogP contribution in [-0.2, 0) is 9.53 Å². The Morgan fingerprint density at radius 3 is 2.45 bits per heavy atom. The van der Waals surface area contributed by atoms with Gasteiger partial charge in [-0.2, -0.15) is 0 Å². The summed E-state index contributed by atoms with van der Waals surface area (Å²) in [5.74, 6) is -0.434. The fourth-order valence-electron chi connectivity index (χ4n) is 3.01. The highest BCUT2D eigenvalue weighted by Gasteiger charge is 2.24. The Morgan fingerprint density at radius 2 is 1.86 bits per heavy atom. The highest BCUT2D eigenvalue weighted by molar-refractivity contribution is 5.94. The van der Waals surface area contributed by atoms with Gasteiger partial charge in [-0.05, 0) is 38.3 Å². The molecule has 0 unspecified atom stereocenters. The summed E-state index contributed by atoms with van der Waals surface area (Å²) in [6.07, 6.45) is 1.80. The lowest BCUT2D eigenvalue weighted by Crippen LogP contribution is -2.46. The second kappa shape index (κ2) is 11.0. The minimum Gasteiger partial charge on any atom is -0.450 e. The molecule has 3 amide bonds. The van der Waals surface area contributed by atoms with Crippen LogP contribution in [0.25, 0.3) is 0 Å². The van der Waals surface area contributed by atoms with Crippen molar-refractivity contribution in [1.82, 2.24) is 15.5 Å². The minimum absolute atomic E-state index is 0.0304. The Labute approximate surface area is 168 Å². The number of nitro groups is 1. The molecule has 0 atom stereocenters. The van der Waals surface area contributed by atoms with Crippen molar-refractivity contribution in [3.05, 3.63) is 39.9 Å². The summed E-state index contributed by atoms with van der Waals surface area (Å²) in [5, 5.41) is 16.3. The molecule has 10 nitrogen and oxygen atoms in total. The van der Waals surface area contributed by atoms with Crippen LogP contribution in [0.2, 0.25) is 0 Å². The van der Waals surface area contributed by atoms with E-state index in [1.54, 1.807) is 11.8 Å². The topological polar surface area (TPSA) is 131 Å². The van der Waals surface area contributed by atoms with Crippen molar-refractivity contribution in [3.63, 3.8) is 0 Å². The number of nitrogens with one attached hydrogen (secondary N) is 2. The summed E-state index contributed by atoms with van der Waals surface area (Å²) in [6, 6.07) is 5.36. The van der Waals surface area contributed by atoms with Crippen molar-refractivity contribution >= 4 is 23.6 Å². The van der Waals surface area contributed by atoms with Gasteiger partial charge in [0.15, 0.2) is 0 Å². The van der Waals surface area contributed by atoms with Crippen LogP contribution in [0.5, 0.6) is 0 Å². The third-order valence-electron chi connectivity index (χ3n) is 4.59. The van der Waals surface area contributed by atoms with Gasteiger partial charge in [0.2, 0.25) is 5.91 Å². The van der Waals surface area contributed by atoms with Crippen LogP contribution in [-0.4, -0.2) is 60.0 Å². The fourth-order valence-corrected chi connectivity index (χ4v) is 3.01. The van der Waals surface area contributed by atoms with E-state index in [-0.39, 0.29) is 36.1 Å². The number of nitro benzene ring substituents is 1. The number of hydrogen-bond donors (Lipinski definition) is 2. The van der Waals surface area contributed by atoms with Gasteiger partial charge in [-0.25, -0.2) is 4.79 Å². The number of ether oxygens (including phenoxy) is 1. The average molecular weight is 406 g/mol. The molecule has 1 aliphatic rings. The first-order valence-corrected chi connectivity index (χ1v) is 9.64. The van der Waals surface area contributed by atoms with Gasteiger partial charge >= 0.3 is 6.09 Å². The lowest BCUT2D eigenvalue weighted by molar-refractivity contribution is -0.384. The zero-order valence-electron chi connectivity index (χ0n) is 16.4. The van der Waals surface area contributed by atoms with Crippen molar-refractivity contribution in [1.29, 1.82) is 0 Å². The van der Waals surface area contributed by atoms with E-state index in [1.165, 1.54) is 24.3 Å². The second-order valence-corrected chi connectivity index (χ2v) is 6.69. The van der Waals surface area contributed by atoms with Crippen LogP contribution in [0.1, 0.15) is 43.0 Å². The second-order valence-electron chi connectivity index (χ2n) is 6.69. The van der Waals surface area contributed by atoms with Crippen LogP contribution in [0.15, 0.2) is 24.3 Å². The maximum Gasteiger partial charge on any atom is 0.409 e. The Bertz CT molecular complexity index is 729. The molecule has 1 aliphatic heterocycles. The zero-order chi connectivity index (χ0) is 21.2. The van der Waals surface area contributed by atoms with Crippen LogP contribution >= 0.6 is 0 Å². The molecule has 2 rings (SSSR count). The predicted octanol–water partition coefficient (Wildman–Crippen LogP) is 1.84. The van der Waals surface area contributed by atoms with E-state index < -0.39 is 4.92 Å². The first-order valence-electron chi connectivity index (χ1n) is 9.64. The van der Waals surface area contributed by atoms with E-state index in [4.69, 9.17) is 4.74 Å². The number of non-ortho nitro benzene ring substituents is 1. The third-order valence-corrected chi connectivity index (χ3v) is 4.59. The molecule has 10 heteroatoms. The van der Waals surface area contributed by atoms with E-state index in [0.717, 1.165) is 0 Å². The molecule has 2 N–H and O–H groups in total. The fraction of sp³-hybridized carbons (Fsp3) is 0.526. The highest BCUT2D eigenvalue weighted by Crippen LogP contribution is 2.13. The van der Waals surface area contributed by atoms with E-state index in [0.29, 0.717) is 51.1 Å². The molecule has 29 heavy (non-hydrogen) atoms. The Hall–Kier alpha value is -3.17. The van der Waals surface area contributed by atoms with E-state index in [1.807, 2.05) is 0 Å². The van der Waals surface area contributed by atoms with Crippen molar-refractivity contribution in [3.8, 4) is 0 Å². The quantitative estimate of drug-likeness (QED) is 0.385. The highest BCUT2D eigenvalue weighted by atomic mass is 16.6. The van der Waals surface area contributed by atoms with Gasteiger partial charge in [0.1, 0.15) is 0 Å². The maximum atomic E-state index is 12.1. The van der Waals surface area contributed by atoms with E-state index in [2.05, 4.69) is 10.6 Å². The monoisotopic (exact) mass is 406 g/mol. The molecular weight excluding hydrogens is 380 g/mol.